The summed E-state index contributed by atoms with van der Waals surface area (Å²) in [5, 5.41) is 1.17. The van der Waals surface area contributed by atoms with Crippen molar-refractivity contribution in [3.63, 3.8) is 0 Å². The summed E-state index contributed by atoms with van der Waals surface area (Å²) >= 11 is 1.61. The van der Waals surface area contributed by atoms with Crippen molar-refractivity contribution < 1.29 is 4.79 Å². The lowest BCUT2D eigenvalue weighted by atomic mass is 9.96. The summed E-state index contributed by atoms with van der Waals surface area (Å²) in [5.41, 5.74) is 2.93. The van der Waals surface area contributed by atoms with Crippen LogP contribution in [0, 0.1) is 0 Å². The van der Waals surface area contributed by atoms with Gasteiger partial charge in [0.15, 0.2) is 0 Å². The third-order valence-corrected chi connectivity index (χ3v) is 6.57. The predicted octanol–water partition coefficient (Wildman–Crippen LogP) is 3.78. The zero-order valence-corrected chi connectivity index (χ0v) is 14.8. The second kappa shape index (κ2) is 5.97. The molecule has 1 aromatic heterocycles. The lowest BCUT2D eigenvalue weighted by Crippen LogP contribution is -2.61. The largest absolute Gasteiger partial charge is 0.335 e. The predicted molar refractivity (Wildman–Crippen MR) is 102 cm³/mol. The van der Waals surface area contributed by atoms with Crippen molar-refractivity contribution in [3.8, 4) is 0 Å². The van der Waals surface area contributed by atoms with Gasteiger partial charge in [0.1, 0.15) is 0 Å². The number of carbonyl (C=O) groups excluding carboxylic acids is 1. The molecule has 5 rings (SSSR count). The molecule has 1 amide bonds. The minimum absolute atomic E-state index is 0.190. The number of benzene rings is 2. The van der Waals surface area contributed by atoms with Crippen LogP contribution in [0.4, 0.5) is 0 Å². The molecule has 0 N–H and O–H groups in total. The lowest BCUT2D eigenvalue weighted by molar-refractivity contribution is 0.0222. The lowest BCUT2D eigenvalue weighted by Gasteiger charge is -2.46. The van der Waals surface area contributed by atoms with Gasteiger partial charge in [-0.15, -0.1) is 11.3 Å². The molecule has 0 atom stereocenters. The van der Waals surface area contributed by atoms with Crippen LogP contribution < -0.4 is 0 Å². The molecule has 1 fully saturated rings. The highest BCUT2D eigenvalue weighted by Crippen LogP contribution is 2.29. The van der Waals surface area contributed by atoms with Gasteiger partial charge in [-0.05, 0) is 35.1 Å². The Balaban J connectivity index is 1.25. The maximum atomic E-state index is 12.7. The van der Waals surface area contributed by atoms with Gasteiger partial charge < -0.3 is 4.90 Å². The second-order valence-electron chi connectivity index (χ2n) is 7.00. The van der Waals surface area contributed by atoms with E-state index in [9.17, 15) is 4.79 Å². The number of thiophene rings is 1. The Hall–Kier alpha value is -2.17. The molecule has 2 aliphatic rings. The number of nitrogens with zero attached hydrogens (tertiary/aromatic N) is 2. The van der Waals surface area contributed by atoms with Crippen molar-refractivity contribution in [1.29, 1.82) is 0 Å². The molecule has 1 saturated heterocycles. The summed E-state index contributed by atoms with van der Waals surface area (Å²) in [6, 6.07) is 19.5. The summed E-state index contributed by atoms with van der Waals surface area (Å²) in [7, 11) is 0. The number of carbonyl (C=O) groups is 1. The van der Waals surface area contributed by atoms with Gasteiger partial charge in [-0.3, -0.25) is 9.69 Å². The first kappa shape index (κ1) is 15.1. The average molecular weight is 348 g/mol. The Bertz CT molecular complexity index is 909. The zero-order chi connectivity index (χ0) is 16.8. The fourth-order valence-electron chi connectivity index (χ4n) is 3.92. The molecule has 0 bridgehead atoms. The number of hydrogen-bond donors (Lipinski definition) is 0. The molecule has 0 radical (unpaired) electrons. The Labute approximate surface area is 151 Å². The van der Waals surface area contributed by atoms with Gasteiger partial charge in [0, 0.05) is 36.9 Å². The maximum Gasteiger partial charge on any atom is 0.264 e. The summed E-state index contributed by atoms with van der Waals surface area (Å²) < 4.78 is 1.19. The van der Waals surface area contributed by atoms with Crippen LogP contribution in [0.5, 0.6) is 0 Å². The van der Waals surface area contributed by atoms with Gasteiger partial charge >= 0.3 is 0 Å². The van der Waals surface area contributed by atoms with Crippen LogP contribution in [0.2, 0.25) is 0 Å². The molecule has 3 heterocycles. The average Bonchev–Trinajstić information content (AvgIpc) is 3.04. The van der Waals surface area contributed by atoms with Gasteiger partial charge in [-0.2, -0.15) is 0 Å². The monoisotopic (exact) mass is 348 g/mol. The van der Waals surface area contributed by atoms with Gasteiger partial charge in [0.2, 0.25) is 0 Å². The number of hydrogen-bond acceptors (Lipinski definition) is 3. The SMILES string of the molecule is O=C(c1cc2ccccc2s1)N1CC(N2CCc3ccccc3C2)C1. The third kappa shape index (κ3) is 2.66. The molecule has 0 unspecified atom stereocenters. The number of amides is 1. The van der Waals surface area contributed by atoms with Gasteiger partial charge in [-0.1, -0.05) is 42.5 Å². The van der Waals surface area contributed by atoms with E-state index in [1.165, 1.54) is 21.2 Å². The van der Waals surface area contributed by atoms with Crippen LogP contribution in [-0.2, 0) is 13.0 Å². The van der Waals surface area contributed by atoms with Crippen LogP contribution in [0.25, 0.3) is 10.1 Å². The minimum Gasteiger partial charge on any atom is -0.335 e. The van der Waals surface area contributed by atoms with E-state index in [-0.39, 0.29) is 5.91 Å². The molecule has 2 aliphatic heterocycles. The molecule has 0 aliphatic carbocycles. The fourth-order valence-corrected chi connectivity index (χ4v) is 4.96. The van der Waals surface area contributed by atoms with Gasteiger partial charge in [0.25, 0.3) is 5.91 Å². The van der Waals surface area contributed by atoms with E-state index >= 15 is 0 Å². The molecular weight excluding hydrogens is 328 g/mol. The Morgan fingerprint density at radius 3 is 2.60 bits per heavy atom. The van der Waals surface area contributed by atoms with E-state index < -0.39 is 0 Å². The standard InChI is InChI=1S/C21H20N2OS/c24-21(20-11-16-6-3-4-8-19(16)25-20)23-13-18(14-23)22-10-9-15-5-1-2-7-17(15)12-22/h1-8,11,18H,9-10,12-14H2. The smallest absolute Gasteiger partial charge is 0.264 e. The molecule has 2 aromatic carbocycles. The molecule has 3 aromatic rings. The van der Waals surface area contributed by atoms with E-state index in [2.05, 4.69) is 41.3 Å². The highest BCUT2D eigenvalue weighted by Gasteiger charge is 2.36. The van der Waals surface area contributed by atoms with Crippen molar-refractivity contribution >= 4 is 27.3 Å². The van der Waals surface area contributed by atoms with E-state index in [1.54, 1.807) is 11.3 Å². The van der Waals surface area contributed by atoms with Crippen LogP contribution in [-0.4, -0.2) is 41.4 Å². The van der Waals surface area contributed by atoms with Crippen molar-refractivity contribution in [2.75, 3.05) is 19.6 Å². The number of likely N-dealkylation sites (tertiary alicyclic amines) is 1. The maximum absolute atomic E-state index is 12.7. The molecule has 0 saturated carbocycles. The molecule has 126 valence electrons. The first-order chi connectivity index (χ1) is 12.3. The molecule has 0 spiro atoms. The van der Waals surface area contributed by atoms with Crippen molar-refractivity contribution in [1.82, 2.24) is 9.80 Å². The van der Waals surface area contributed by atoms with E-state index in [0.29, 0.717) is 6.04 Å². The fraction of sp³-hybridized carbons (Fsp3) is 0.286. The molecular formula is C21H20N2OS. The molecule has 3 nitrogen and oxygen atoms in total. The van der Waals surface area contributed by atoms with Crippen LogP contribution in [0.3, 0.4) is 0 Å². The first-order valence-corrected chi connectivity index (χ1v) is 9.68. The van der Waals surface area contributed by atoms with Crippen molar-refractivity contribution in [2.45, 2.75) is 19.0 Å². The Morgan fingerprint density at radius 1 is 1.00 bits per heavy atom. The minimum atomic E-state index is 0.190. The Morgan fingerprint density at radius 2 is 1.76 bits per heavy atom. The van der Waals surface area contributed by atoms with Crippen LogP contribution in [0.1, 0.15) is 20.8 Å². The summed E-state index contributed by atoms with van der Waals surface area (Å²) in [6.45, 7) is 3.84. The zero-order valence-electron chi connectivity index (χ0n) is 14.0. The van der Waals surface area contributed by atoms with E-state index in [4.69, 9.17) is 0 Å². The van der Waals surface area contributed by atoms with E-state index in [1.807, 2.05) is 23.1 Å². The molecule has 4 heteroatoms. The molecule has 25 heavy (non-hydrogen) atoms. The summed E-state index contributed by atoms with van der Waals surface area (Å²) in [4.78, 5) is 18.1. The highest BCUT2D eigenvalue weighted by molar-refractivity contribution is 7.20. The van der Waals surface area contributed by atoms with Crippen molar-refractivity contribution in [3.05, 3.63) is 70.6 Å². The topological polar surface area (TPSA) is 23.6 Å². The normalized spacial score (nSPS) is 18.2. The van der Waals surface area contributed by atoms with Crippen LogP contribution in [0.15, 0.2) is 54.6 Å². The van der Waals surface area contributed by atoms with Gasteiger partial charge in [0.05, 0.1) is 4.88 Å². The third-order valence-electron chi connectivity index (χ3n) is 5.46. The second-order valence-corrected chi connectivity index (χ2v) is 8.09. The number of rotatable bonds is 2. The Kier molecular flexibility index (Phi) is 3.61. The van der Waals surface area contributed by atoms with E-state index in [0.717, 1.165) is 37.5 Å². The van der Waals surface area contributed by atoms with Crippen LogP contribution >= 0.6 is 11.3 Å². The van der Waals surface area contributed by atoms with Crippen molar-refractivity contribution in [2.24, 2.45) is 0 Å². The quantitative estimate of drug-likeness (QED) is 0.704. The van der Waals surface area contributed by atoms with Gasteiger partial charge in [-0.25, -0.2) is 0 Å². The highest BCUT2D eigenvalue weighted by atomic mass is 32.1. The summed E-state index contributed by atoms with van der Waals surface area (Å²) in [6.07, 6.45) is 1.12. The summed E-state index contributed by atoms with van der Waals surface area (Å²) in [5.74, 6) is 0.190. The first-order valence-electron chi connectivity index (χ1n) is 8.86. The number of fused-ring (bicyclic) bond motifs is 2.